The Morgan fingerprint density at radius 1 is 1.50 bits per heavy atom. The summed E-state index contributed by atoms with van der Waals surface area (Å²) in [5.74, 6) is -0.291. The van der Waals surface area contributed by atoms with Crippen LogP contribution in [0.25, 0.3) is 0 Å². The minimum atomic E-state index is -0.329. The van der Waals surface area contributed by atoms with Crippen molar-refractivity contribution in [2.45, 2.75) is 25.9 Å². The molecule has 1 fully saturated rings. The van der Waals surface area contributed by atoms with Gasteiger partial charge in [0.2, 0.25) is 0 Å². The Morgan fingerprint density at radius 3 is 2.88 bits per heavy atom. The molecule has 1 heterocycles. The monoisotopic (exact) mass is 223 g/mol. The summed E-state index contributed by atoms with van der Waals surface area (Å²) >= 11 is 0. The Bertz CT molecular complexity index is 406. The molecule has 2 rings (SSSR count). The lowest BCUT2D eigenvalue weighted by Gasteiger charge is -2.25. The second-order valence-corrected chi connectivity index (χ2v) is 4.15. The molecule has 4 heteroatoms. The number of hydrogen-bond donors (Lipinski definition) is 0. The minimum Gasteiger partial charge on any atom is -0.447 e. The zero-order valence-corrected chi connectivity index (χ0v) is 9.31. The van der Waals surface area contributed by atoms with E-state index in [1.807, 2.05) is 19.9 Å². The lowest BCUT2D eigenvalue weighted by molar-refractivity contribution is 0.149. The van der Waals surface area contributed by atoms with Gasteiger partial charge in [-0.3, -0.25) is 4.90 Å². The Balaban J connectivity index is 2.30. The lowest BCUT2D eigenvalue weighted by Crippen LogP contribution is -2.34. The molecular formula is C12H14FNO2. The molecule has 1 atom stereocenters. The van der Waals surface area contributed by atoms with Gasteiger partial charge in [-0.05, 0) is 31.5 Å². The fourth-order valence-electron chi connectivity index (χ4n) is 1.97. The van der Waals surface area contributed by atoms with Crippen LogP contribution in [0.3, 0.4) is 0 Å². The van der Waals surface area contributed by atoms with Gasteiger partial charge in [-0.15, -0.1) is 0 Å². The molecule has 0 saturated carbocycles. The predicted molar refractivity (Wildman–Crippen MR) is 57.5 cm³/mol. The molecule has 86 valence electrons. The largest absolute Gasteiger partial charge is 0.447 e. The molecule has 0 spiro atoms. The van der Waals surface area contributed by atoms with Crippen LogP contribution in [0.2, 0.25) is 0 Å². The van der Waals surface area contributed by atoms with E-state index in [1.165, 1.54) is 12.1 Å². The first kappa shape index (κ1) is 10.9. The number of halogens is 1. The van der Waals surface area contributed by atoms with Crippen molar-refractivity contribution in [2.75, 3.05) is 6.61 Å². The van der Waals surface area contributed by atoms with Crippen molar-refractivity contribution in [2.24, 2.45) is 0 Å². The topological polar surface area (TPSA) is 29.5 Å². The number of ether oxygens (including phenoxy) is 1. The average Bonchev–Trinajstić information content (AvgIpc) is 2.60. The first-order valence-electron chi connectivity index (χ1n) is 5.30. The van der Waals surface area contributed by atoms with Gasteiger partial charge in [-0.1, -0.05) is 12.1 Å². The number of benzene rings is 1. The highest BCUT2D eigenvalue weighted by atomic mass is 19.1. The van der Waals surface area contributed by atoms with E-state index in [0.717, 1.165) is 5.56 Å². The van der Waals surface area contributed by atoms with Crippen molar-refractivity contribution in [3.05, 3.63) is 35.6 Å². The summed E-state index contributed by atoms with van der Waals surface area (Å²) in [7, 11) is 0. The van der Waals surface area contributed by atoms with Crippen LogP contribution in [-0.2, 0) is 4.74 Å². The first-order valence-corrected chi connectivity index (χ1v) is 5.30. The molecule has 3 nitrogen and oxygen atoms in total. The van der Waals surface area contributed by atoms with E-state index in [4.69, 9.17) is 4.74 Å². The summed E-state index contributed by atoms with van der Waals surface area (Å²) in [6, 6.07) is 6.16. The van der Waals surface area contributed by atoms with Crippen molar-refractivity contribution in [3.8, 4) is 0 Å². The third kappa shape index (κ3) is 1.87. The highest BCUT2D eigenvalue weighted by Gasteiger charge is 2.35. The summed E-state index contributed by atoms with van der Waals surface area (Å²) in [5, 5.41) is 0. The molecule has 1 aliphatic heterocycles. The summed E-state index contributed by atoms with van der Waals surface area (Å²) in [4.78, 5) is 13.1. The molecule has 1 aromatic carbocycles. The molecule has 0 radical (unpaired) electrons. The number of hydrogen-bond acceptors (Lipinski definition) is 2. The Hall–Kier alpha value is -1.58. The van der Waals surface area contributed by atoms with E-state index in [9.17, 15) is 9.18 Å². The van der Waals surface area contributed by atoms with Gasteiger partial charge in [0.15, 0.2) is 0 Å². The number of amides is 1. The van der Waals surface area contributed by atoms with E-state index in [1.54, 1.807) is 11.0 Å². The van der Waals surface area contributed by atoms with Crippen LogP contribution in [0.5, 0.6) is 0 Å². The van der Waals surface area contributed by atoms with E-state index >= 15 is 0 Å². The fourth-order valence-corrected chi connectivity index (χ4v) is 1.97. The number of nitrogens with zero attached hydrogens (tertiary/aromatic N) is 1. The highest BCUT2D eigenvalue weighted by molar-refractivity contribution is 5.70. The summed E-state index contributed by atoms with van der Waals surface area (Å²) < 4.78 is 18.1. The molecule has 0 bridgehead atoms. The van der Waals surface area contributed by atoms with E-state index in [2.05, 4.69) is 0 Å². The van der Waals surface area contributed by atoms with E-state index < -0.39 is 0 Å². The van der Waals surface area contributed by atoms with Gasteiger partial charge in [0, 0.05) is 6.04 Å². The summed E-state index contributed by atoms with van der Waals surface area (Å²) in [5.41, 5.74) is 0.777. The number of carbonyl (C=O) groups is 1. The van der Waals surface area contributed by atoms with Gasteiger partial charge < -0.3 is 4.74 Å². The summed E-state index contributed by atoms with van der Waals surface area (Å²) in [6.45, 7) is 4.12. The third-order valence-electron chi connectivity index (χ3n) is 2.70. The van der Waals surface area contributed by atoms with Crippen LogP contribution in [0.4, 0.5) is 9.18 Å². The van der Waals surface area contributed by atoms with Gasteiger partial charge in [-0.2, -0.15) is 0 Å². The maximum Gasteiger partial charge on any atom is 0.410 e. The predicted octanol–water partition coefficient (Wildman–Crippen LogP) is 2.73. The number of cyclic esters (lactones) is 1. The quantitative estimate of drug-likeness (QED) is 0.771. The molecule has 1 aliphatic rings. The number of carbonyl (C=O) groups excluding carboxylic acids is 1. The molecule has 1 unspecified atom stereocenters. The molecule has 1 amide bonds. The normalized spacial score (nSPS) is 20.4. The van der Waals surface area contributed by atoms with Crippen LogP contribution < -0.4 is 0 Å². The second kappa shape index (κ2) is 4.12. The van der Waals surface area contributed by atoms with Gasteiger partial charge in [0.05, 0.1) is 6.04 Å². The molecule has 0 aliphatic carbocycles. The maximum atomic E-state index is 13.1. The molecule has 0 N–H and O–H groups in total. The molecule has 16 heavy (non-hydrogen) atoms. The van der Waals surface area contributed by atoms with Gasteiger partial charge in [-0.25, -0.2) is 9.18 Å². The Kier molecular flexibility index (Phi) is 2.81. The van der Waals surface area contributed by atoms with Crippen molar-refractivity contribution in [3.63, 3.8) is 0 Å². The van der Waals surface area contributed by atoms with Crippen molar-refractivity contribution >= 4 is 6.09 Å². The SMILES string of the molecule is CC(C)N1C(=O)OCC1c1cccc(F)c1. The lowest BCUT2D eigenvalue weighted by atomic mass is 10.1. The third-order valence-corrected chi connectivity index (χ3v) is 2.70. The van der Waals surface area contributed by atoms with Crippen LogP contribution in [0, 0.1) is 5.82 Å². The average molecular weight is 223 g/mol. The molecule has 1 aromatic rings. The molecular weight excluding hydrogens is 209 g/mol. The first-order chi connectivity index (χ1) is 7.59. The van der Waals surface area contributed by atoms with Gasteiger partial charge >= 0.3 is 6.09 Å². The van der Waals surface area contributed by atoms with Crippen molar-refractivity contribution in [1.82, 2.24) is 4.90 Å². The fraction of sp³-hybridized carbons (Fsp3) is 0.417. The highest BCUT2D eigenvalue weighted by Crippen LogP contribution is 2.29. The maximum absolute atomic E-state index is 13.1. The van der Waals surface area contributed by atoms with Crippen molar-refractivity contribution in [1.29, 1.82) is 0 Å². The van der Waals surface area contributed by atoms with Crippen LogP contribution in [-0.4, -0.2) is 23.6 Å². The van der Waals surface area contributed by atoms with Crippen LogP contribution in [0.1, 0.15) is 25.5 Å². The standard InChI is InChI=1S/C12H14FNO2/c1-8(2)14-11(7-16-12(14)15)9-4-3-5-10(13)6-9/h3-6,8,11H,7H2,1-2H3. The smallest absolute Gasteiger partial charge is 0.410 e. The Morgan fingerprint density at radius 2 is 2.25 bits per heavy atom. The Labute approximate surface area is 93.8 Å². The van der Waals surface area contributed by atoms with E-state index in [-0.39, 0.29) is 24.0 Å². The van der Waals surface area contributed by atoms with Crippen LogP contribution >= 0.6 is 0 Å². The van der Waals surface area contributed by atoms with Gasteiger partial charge in [0.1, 0.15) is 12.4 Å². The summed E-state index contributed by atoms with van der Waals surface area (Å²) in [6.07, 6.45) is -0.329. The zero-order chi connectivity index (χ0) is 11.7. The van der Waals surface area contributed by atoms with Crippen molar-refractivity contribution < 1.29 is 13.9 Å². The molecule has 1 saturated heterocycles. The number of rotatable bonds is 2. The molecule has 0 aromatic heterocycles. The van der Waals surface area contributed by atoms with E-state index in [0.29, 0.717) is 6.61 Å². The minimum absolute atomic E-state index is 0.0447. The van der Waals surface area contributed by atoms with Crippen LogP contribution in [0.15, 0.2) is 24.3 Å². The second-order valence-electron chi connectivity index (χ2n) is 4.15. The van der Waals surface area contributed by atoms with Gasteiger partial charge in [0.25, 0.3) is 0 Å². The zero-order valence-electron chi connectivity index (χ0n) is 9.31.